The monoisotopic (exact) mass is 330 g/mol. The molecular formula is C12H15BrN2O2S. The first-order valence-electron chi connectivity index (χ1n) is 5.87. The molecule has 18 heavy (non-hydrogen) atoms. The van der Waals surface area contributed by atoms with Gasteiger partial charge in [0.05, 0.1) is 11.9 Å². The average Bonchev–Trinajstić information content (AvgIpc) is 2.88. The van der Waals surface area contributed by atoms with Gasteiger partial charge in [0.15, 0.2) is 0 Å². The third-order valence-corrected chi connectivity index (χ3v) is 4.52. The molecule has 0 radical (unpaired) electrons. The fraction of sp³-hybridized carbons (Fsp3) is 0.500. The standard InChI is InChI=1S/C12H15BrN2O2S/c13-10-4-1-5-14-12(10)18-8-11(16)15-7-9-3-2-6-17-9/h1,4-5,9H,2-3,6-8H2,(H,15,16)/t9-/m1/s1. The van der Waals surface area contributed by atoms with Crippen molar-refractivity contribution in [1.82, 2.24) is 10.3 Å². The van der Waals surface area contributed by atoms with Crippen LogP contribution < -0.4 is 5.32 Å². The smallest absolute Gasteiger partial charge is 0.230 e. The second kappa shape index (κ2) is 7.11. The van der Waals surface area contributed by atoms with E-state index < -0.39 is 0 Å². The quantitative estimate of drug-likeness (QED) is 0.841. The van der Waals surface area contributed by atoms with Gasteiger partial charge in [-0.3, -0.25) is 4.79 Å². The largest absolute Gasteiger partial charge is 0.376 e. The van der Waals surface area contributed by atoms with Gasteiger partial charge in [0, 0.05) is 23.8 Å². The number of nitrogens with zero attached hydrogens (tertiary/aromatic N) is 1. The topological polar surface area (TPSA) is 51.2 Å². The molecule has 1 aliphatic rings. The fourth-order valence-corrected chi connectivity index (χ4v) is 3.00. The summed E-state index contributed by atoms with van der Waals surface area (Å²) in [5.74, 6) is 0.399. The Balaban J connectivity index is 1.69. The predicted octanol–water partition coefficient (Wildman–Crippen LogP) is 2.23. The molecule has 0 aliphatic carbocycles. The van der Waals surface area contributed by atoms with Crippen molar-refractivity contribution in [2.24, 2.45) is 0 Å². The molecule has 0 spiro atoms. The summed E-state index contributed by atoms with van der Waals surface area (Å²) in [7, 11) is 0. The van der Waals surface area contributed by atoms with Crippen molar-refractivity contribution >= 4 is 33.6 Å². The number of thioether (sulfide) groups is 1. The minimum Gasteiger partial charge on any atom is -0.376 e. The molecule has 1 atom stereocenters. The number of hydrogen-bond donors (Lipinski definition) is 1. The second-order valence-corrected chi connectivity index (χ2v) is 5.84. The Morgan fingerprint density at radius 2 is 2.56 bits per heavy atom. The lowest BCUT2D eigenvalue weighted by Gasteiger charge is -2.10. The van der Waals surface area contributed by atoms with Crippen LogP contribution in [-0.2, 0) is 9.53 Å². The van der Waals surface area contributed by atoms with Gasteiger partial charge in [-0.15, -0.1) is 0 Å². The van der Waals surface area contributed by atoms with Gasteiger partial charge in [0.25, 0.3) is 0 Å². The van der Waals surface area contributed by atoms with E-state index in [2.05, 4.69) is 26.2 Å². The van der Waals surface area contributed by atoms with Gasteiger partial charge < -0.3 is 10.1 Å². The zero-order chi connectivity index (χ0) is 12.8. The minimum absolute atomic E-state index is 0.0213. The molecule has 0 unspecified atom stereocenters. The van der Waals surface area contributed by atoms with E-state index in [0.717, 1.165) is 28.9 Å². The van der Waals surface area contributed by atoms with Crippen LogP contribution in [0.4, 0.5) is 0 Å². The van der Waals surface area contributed by atoms with Gasteiger partial charge in [0.1, 0.15) is 5.03 Å². The zero-order valence-corrected chi connectivity index (χ0v) is 12.3. The fourth-order valence-electron chi connectivity index (χ4n) is 1.70. The molecule has 1 aromatic rings. The number of amides is 1. The molecule has 1 saturated heterocycles. The summed E-state index contributed by atoms with van der Waals surface area (Å²) in [6.07, 6.45) is 4.05. The number of pyridine rings is 1. The molecule has 0 bridgehead atoms. The zero-order valence-electron chi connectivity index (χ0n) is 9.89. The Hall–Kier alpha value is -0.590. The van der Waals surface area contributed by atoms with E-state index >= 15 is 0 Å². The minimum atomic E-state index is 0.0213. The predicted molar refractivity (Wildman–Crippen MR) is 74.6 cm³/mol. The van der Waals surface area contributed by atoms with E-state index in [1.54, 1.807) is 6.20 Å². The summed E-state index contributed by atoms with van der Waals surface area (Å²) < 4.78 is 6.36. The van der Waals surface area contributed by atoms with Crippen molar-refractivity contribution in [2.45, 2.75) is 24.0 Å². The first-order valence-corrected chi connectivity index (χ1v) is 7.65. The van der Waals surface area contributed by atoms with Gasteiger partial charge in [0.2, 0.25) is 5.91 Å². The van der Waals surface area contributed by atoms with Crippen LogP contribution in [0.1, 0.15) is 12.8 Å². The van der Waals surface area contributed by atoms with Crippen LogP contribution in [0, 0.1) is 0 Å². The Kier molecular flexibility index (Phi) is 5.46. The third-order valence-electron chi connectivity index (χ3n) is 2.62. The second-order valence-electron chi connectivity index (χ2n) is 4.02. The lowest BCUT2D eigenvalue weighted by Crippen LogP contribution is -2.32. The number of hydrogen-bond acceptors (Lipinski definition) is 4. The van der Waals surface area contributed by atoms with Crippen molar-refractivity contribution in [1.29, 1.82) is 0 Å². The van der Waals surface area contributed by atoms with Crippen molar-refractivity contribution < 1.29 is 9.53 Å². The Morgan fingerprint density at radius 1 is 1.67 bits per heavy atom. The lowest BCUT2D eigenvalue weighted by molar-refractivity contribution is -0.119. The van der Waals surface area contributed by atoms with E-state index in [-0.39, 0.29) is 12.0 Å². The maximum atomic E-state index is 11.7. The van der Waals surface area contributed by atoms with Crippen molar-refractivity contribution in [2.75, 3.05) is 18.9 Å². The highest BCUT2D eigenvalue weighted by atomic mass is 79.9. The lowest BCUT2D eigenvalue weighted by atomic mass is 10.2. The molecule has 1 aromatic heterocycles. The molecule has 0 aromatic carbocycles. The Labute approximate surface area is 119 Å². The maximum absolute atomic E-state index is 11.7. The number of nitrogens with one attached hydrogen (secondary N) is 1. The van der Waals surface area contributed by atoms with Crippen molar-refractivity contribution in [3.63, 3.8) is 0 Å². The number of aromatic nitrogens is 1. The SMILES string of the molecule is O=C(CSc1ncccc1Br)NC[C@H]1CCCO1. The Morgan fingerprint density at radius 3 is 3.28 bits per heavy atom. The van der Waals surface area contributed by atoms with Crippen molar-refractivity contribution in [3.05, 3.63) is 22.8 Å². The van der Waals surface area contributed by atoms with Gasteiger partial charge in [-0.25, -0.2) is 4.98 Å². The van der Waals surface area contributed by atoms with E-state index in [4.69, 9.17) is 4.74 Å². The summed E-state index contributed by atoms with van der Waals surface area (Å²) in [6, 6.07) is 3.77. The molecule has 6 heteroatoms. The summed E-state index contributed by atoms with van der Waals surface area (Å²) in [5, 5.41) is 3.72. The molecule has 1 amide bonds. The van der Waals surface area contributed by atoms with Crippen LogP contribution in [0.5, 0.6) is 0 Å². The molecule has 1 fully saturated rings. The molecule has 2 heterocycles. The molecule has 98 valence electrons. The van der Waals surface area contributed by atoms with Crippen LogP contribution in [0.25, 0.3) is 0 Å². The highest BCUT2D eigenvalue weighted by Crippen LogP contribution is 2.24. The summed E-state index contributed by atoms with van der Waals surface area (Å²) in [6.45, 7) is 1.43. The first-order chi connectivity index (χ1) is 8.75. The Bertz CT molecular complexity index is 411. The van der Waals surface area contributed by atoms with Crippen LogP contribution in [0.15, 0.2) is 27.8 Å². The van der Waals surface area contributed by atoms with Crippen LogP contribution in [-0.4, -0.2) is 35.9 Å². The molecule has 1 aliphatic heterocycles. The number of rotatable bonds is 5. The average molecular weight is 331 g/mol. The van der Waals surface area contributed by atoms with E-state index in [1.807, 2.05) is 12.1 Å². The van der Waals surface area contributed by atoms with Crippen LogP contribution in [0.2, 0.25) is 0 Å². The van der Waals surface area contributed by atoms with Gasteiger partial charge in [-0.05, 0) is 40.9 Å². The highest BCUT2D eigenvalue weighted by molar-refractivity contribution is 9.10. The van der Waals surface area contributed by atoms with Gasteiger partial charge >= 0.3 is 0 Å². The molecule has 0 saturated carbocycles. The normalized spacial score (nSPS) is 18.8. The van der Waals surface area contributed by atoms with Gasteiger partial charge in [-0.2, -0.15) is 0 Å². The maximum Gasteiger partial charge on any atom is 0.230 e. The molecule has 1 N–H and O–H groups in total. The molecular weight excluding hydrogens is 316 g/mol. The van der Waals surface area contributed by atoms with Gasteiger partial charge in [-0.1, -0.05) is 11.8 Å². The third kappa shape index (κ3) is 4.26. The highest BCUT2D eigenvalue weighted by Gasteiger charge is 2.16. The number of carbonyl (C=O) groups excluding carboxylic acids is 1. The summed E-state index contributed by atoms with van der Waals surface area (Å²) in [4.78, 5) is 15.9. The number of halogens is 1. The van der Waals surface area contributed by atoms with E-state index in [9.17, 15) is 4.79 Å². The summed E-state index contributed by atoms with van der Waals surface area (Å²) >= 11 is 4.83. The molecule has 2 rings (SSSR count). The van der Waals surface area contributed by atoms with E-state index in [0.29, 0.717) is 12.3 Å². The molecule has 4 nitrogen and oxygen atoms in total. The van der Waals surface area contributed by atoms with Crippen LogP contribution in [0.3, 0.4) is 0 Å². The number of carbonyl (C=O) groups is 1. The van der Waals surface area contributed by atoms with Crippen LogP contribution >= 0.6 is 27.7 Å². The summed E-state index contributed by atoms with van der Waals surface area (Å²) in [5.41, 5.74) is 0. The first kappa shape index (κ1) is 13.8. The number of ether oxygens (including phenoxy) is 1. The van der Waals surface area contributed by atoms with Crippen molar-refractivity contribution in [3.8, 4) is 0 Å². The van der Waals surface area contributed by atoms with E-state index in [1.165, 1.54) is 11.8 Å².